The van der Waals surface area contributed by atoms with E-state index in [1.165, 1.54) is 32.4 Å². The van der Waals surface area contributed by atoms with E-state index in [-0.39, 0.29) is 0 Å². The highest BCUT2D eigenvalue weighted by Crippen LogP contribution is 2.21. The molecule has 0 amide bonds. The summed E-state index contributed by atoms with van der Waals surface area (Å²) in [5.74, 6) is 1.36. The van der Waals surface area contributed by atoms with Crippen LogP contribution in [-0.4, -0.2) is 38.6 Å². The van der Waals surface area contributed by atoms with Crippen molar-refractivity contribution in [2.75, 3.05) is 13.1 Å². The molecule has 0 aromatic carbocycles. The summed E-state index contributed by atoms with van der Waals surface area (Å²) in [6.45, 7) is 7.69. The normalized spacial score (nSPS) is 18.2. The van der Waals surface area contributed by atoms with E-state index in [0.717, 1.165) is 29.1 Å². The molecule has 1 fully saturated rings. The fourth-order valence-electron chi connectivity index (χ4n) is 3.22. The van der Waals surface area contributed by atoms with Crippen molar-refractivity contribution in [3.8, 4) is 0 Å². The molecule has 0 aliphatic carbocycles. The van der Waals surface area contributed by atoms with Gasteiger partial charge in [-0.2, -0.15) is 0 Å². The minimum absolute atomic E-state index is 0.433. The van der Waals surface area contributed by atoms with Crippen LogP contribution in [0.5, 0.6) is 0 Å². The molecule has 0 N–H and O–H groups in total. The summed E-state index contributed by atoms with van der Waals surface area (Å²) in [6.07, 6.45) is 5.85. The van der Waals surface area contributed by atoms with Crippen LogP contribution in [-0.2, 0) is 12.4 Å². The lowest BCUT2D eigenvalue weighted by Gasteiger charge is -2.32. The quantitative estimate of drug-likeness (QED) is 0.812. The fraction of sp³-hybridized carbons (Fsp3) is 0.625. The average Bonchev–Trinajstić information content (AvgIpc) is 2.87. The van der Waals surface area contributed by atoms with Crippen LogP contribution in [0.3, 0.4) is 0 Å². The fourth-order valence-corrected chi connectivity index (χ4v) is 3.42. The Morgan fingerprint density at radius 2 is 2.05 bits per heavy atom. The minimum atomic E-state index is 0.433. The molecular weight excluding hydrogens is 284 g/mol. The van der Waals surface area contributed by atoms with Crippen LogP contribution in [0.1, 0.15) is 37.6 Å². The van der Waals surface area contributed by atoms with E-state index in [4.69, 9.17) is 11.6 Å². The van der Waals surface area contributed by atoms with Gasteiger partial charge in [-0.3, -0.25) is 4.90 Å². The Labute approximate surface area is 131 Å². The van der Waals surface area contributed by atoms with Crippen LogP contribution in [0.4, 0.5) is 0 Å². The van der Waals surface area contributed by atoms with Gasteiger partial charge in [-0.25, -0.2) is 9.97 Å². The first-order chi connectivity index (χ1) is 10.2. The summed E-state index contributed by atoms with van der Waals surface area (Å²) in [5, 5.41) is 0. The second kappa shape index (κ2) is 6.32. The molecule has 5 heteroatoms. The molecule has 2 aromatic heterocycles. The molecule has 1 aliphatic rings. The lowest BCUT2D eigenvalue weighted by molar-refractivity contribution is 0.160. The number of nitrogens with zero attached hydrogens (tertiary/aromatic N) is 4. The first kappa shape index (κ1) is 14.8. The summed E-state index contributed by atoms with van der Waals surface area (Å²) in [4.78, 5) is 11.8. The van der Waals surface area contributed by atoms with Crippen molar-refractivity contribution >= 4 is 22.8 Å². The maximum absolute atomic E-state index is 6.10. The Morgan fingerprint density at radius 3 is 2.76 bits per heavy atom. The van der Waals surface area contributed by atoms with Gasteiger partial charge in [-0.1, -0.05) is 6.42 Å². The largest absolute Gasteiger partial charge is 0.310 e. The second-order valence-electron chi connectivity index (χ2n) is 6.02. The number of halogens is 1. The van der Waals surface area contributed by atoms with Crippen LogP contribution in [0.15, 0.2) is 12.3 Å². The molecule has 3 rings (SSSR count). The second-order valence-corrected chi connectivity index (χ2v) is 6.29. The van der Waals surface area contributed by atoms with Crippen LogP contribution in [0.25, 0.3) is 11.2 Å². The molecule has 0 saturated carbocycles. The molecule has 1 aliphatic heterocycles. The molecule has 2 aromatic rings. The van der Waals surface area contributed by atoms with Crippen molar-refractivity contribution in [1.29, 1.82) is 0 Å². The first-order valence-electron chi connectivity index (χ1n) is 7.81. The molecule has 1 unspecified atom stereocenters. The third-order valence-electron chi connectivity index (χ3n) is 4.50. The van der Waals surface area contributed by atoms with Gasteiger partial charge in [0.2, 0.25) is 0 Å². The number of alkyl halides is 1. The van der Waals surface area contributed by atoms with E-state index in [9.17, 15) is 0 Å². The molecule has 21 heavy (non-hydrogen) atoms. The zero-order chi connectivity index (χ0) is 14.8. The summed E-state index contributed by atoms with van der Waals surface area (Å²) < 4.78 is 2.20. The third kappa shape index (κ3) is 2.92. The number of hydrogen-bond acceptors (Lipinski definition) is 3. The van der Waals surface area contributed by atoms with Crippen molar-refractivity contribution in [2.45, 2.75) is 51.6 Å². The lowest BCUT2D eigenvalue weighted by atomic mass is 10.1. The SMILES string of the molecule is Cc1ccnc2c1nc(CCl)n2CC(C)N1CCCCC1. The van der Waals surface area contributed by atoms with Gasteiger partial charge in [-0.05, 0) is 51.4 Å². The van der Waals surface area contributed by atoms with Gasteiger partial charge < -0.3 is 4.57 Å². The maximum atomic E-state index is 6.10. The molecule has 4 nitrogen and oxygen atoms in total. The van der Waals surface area contributed by atoms with Gasteiger partial charge in [0.1, 0.15) is 11.3 Å². The number of rotatable bonds is 4. The minimum Gasteiger partial charge on any atom is -0.310 e. The van der Waals surface area contributed by atoms with Gasteiger partial charge in [0, 0.05) is 18.8 Å². The average molecular weight is 307 g/mol. The Kier molecular flexibility index (Phi) is 4.45. The van der Waals surface area contributed by atoms with Crippen LogP contribution in [0.2, 0.25) is 0 Å². The van der Waals surface area contributed by atoms with E-state index >= 15 is 0 Å². The van der Waals surface area contributed by atoms with Crippen LogP contribution < -0.4 is 0 Å². The first-order valence-corrected chi connectivity index (χ1v) is 8.35. The highest BCUT2D eigenvalue weighted by atomic mass is 35.5. The Morgan fingerprint density at radius 1 is 1.29 bits per heavy atom. The molecule has 114 valence electrons. The number of fused-ring (bicyclic) bond motifs is 1. The number of aryl methyl sites for hydroxylation is 1. The predicted molar refractivity (Wildman–Crippen MR) is 86.7 cm³/mol. The molecule has 1 atom stereocenters. The van der Waals surface area contributed by atoms with Crippen LogP contribution >= 0.6 is 11.6 Å². The summed E-state index contributed by atoms with van der Waals surface area (Å²) >= 11 is 6.10. The number of piperidine rings is 1. The van der Waals surface area contributed by atoms with Crippen LogP contribution in [0, 0.1) is 6.92 Å². The Hall–Kier alpha value is -1.13. The standard InChI is InChI=1S/C16H23ClN4/c1-12-6-7-18-16-15(12)19-14(10-17)21(16)11-13(2)20-8-4-3-5-9-20/h6-7,13H,3-5,8-11H2,1-2H3. The Balaban J connectivity index is 1.90. The third-order valence-corrected chi connectivity index (χ3v) is 4.73. The van der Waals surface area contributed by atoms with Gasteiger partial charge >= 0.3 is 0 Å². The van der Waals surface area contributed by atoms with Crippen molar-refractivity contribution in [3.05, 3.63) is 23.7 Å². The smallest absolute Gasteiger partial charge is 0.160 e. The molecule has 3 heterocycles. The number of hydrogen-bond donors (Lipinski definition) is 0. The summed E-state index contributed by atoms with van der Waals surface area (Å²) in [5.41, 5.74) is 3.12. The molecule has 0 bridgehead atoms. The summed E-state index contributed by atoms with van der Waals surface area (Å²) in [7, 11) is 0. The van der Waals surface area contributed by atoms with E-state index in [2.05, 4.69) is 33.3 Å². The summed E-state index contributed by atoms with van der Waals surface area (Å²) in [6, 6.07) is 2.50. The van der Waals surface area contributed by atoms with Crippen molar-refractivity contribution < 1.29 is 0 Å². The highest BCUT2D eigenvalue weighted by molar-refractivity contribution is 6.16. The van der Waals surface area contributed by atoms with E-state index in [1.807, 2.05) is 12.3 Å². The maximum Gasteiger partial charge on any atom is 0.160 e. The molecular formula is C16H23ClN4. The predicted octanol–water partition coefficient (Wildman–Crippen LogP) is 3.35. The van der Waals surface area contributed by atoms with Crippen molar-refractivity contribution in [1.82, 2.24) is 19.4 Å². The topological polar surface area (TPSA) is 34.0 Å². The molecule has 0 radical (unpaired) electrons. The van der Waals surface area contributed by atoms with E-state index in [1.54, 1.807) is 0 Å². The zero-order valence-corrected chi connectivity index (χ0v) is 13.6. The van der Waals surface area contributed by atoms with Gasteiger partial charge in [0.05, 0.1) is 5.88 Å². The number of aromatic nitrogens is 3. The number of pyridine rings is 1. The van der Waals surface area contributed by atoms with Gasteiger partial charge in [0.15, 0.2) is 5.65 Å². The van der Waals surface area contributed by atoms with Crippen molar-refractivity contribution in [2.24, 2.45) is 0 Å². The van der Waals surface area contributed by atoms with Crippen molar-refractivity contribution in [3.63, 3.8) is 0 Å². The molecule has 0 spiro atoms. The molecule has 1 saturated heterocycles. The van der Waals surface area contributed by atoms with Gasteiger partial charge in [0.25, 0.3) is 0 Å². The highest BCUT2D eigenvalue weighted by Gasteiger charge is 2.20. The monoisotopic (exact) mass is 306 g/mol. The number of likely N-dealkylation sites (tertiary alicyclic amines) is 1. The van der Waals surface area contributed by atoms with E-state index < -0.39 is 0 Å². The zero-order valence-electron chi connectivity index (χ0n) is 12.8. The Bertz CT molecular complexity index is 616. The van der Waals surface area contributed by atoms with E-state index in [0.29, 0.717) is 11.9 Å². The lowest BCUT2D eigenvalue weighted by Crippen LogP contribution is -2.40. The number of imidazole rings is 1. The van der Waals surface area contributed by atoms with Gasteiger partial charge in [-0.15, -0.1) is 11.6 Å².